The maximum atomic E-state index is 15.2. The Hall–Kier alpha value is -2.80. The number of hydrogen-bond donors (Lipinski definition) is 7. The number of halogens is 1. The molecule has 1 saturated carbocycles. The minimum absolute atomic E-state index is 0.0570. The van der Waals surface area contributed by atoms with Gasteiger partial charge in [-0.1, -0.05) is 26.0 Å². The molecule has 1 aliphatic carbocycles. The molecule has 0 bridgehead atoms. The van der Waals surface area contributed by atoms with Crippen molar-refractivity contribution in [1.82, 2.24) is 20.1 Å². The van der Waals surface area contributed by atoms with E-state index < -0.39 is 114 Å². The number of benzene rings is 1. The minimum Gasteiger partial charge on any atom is -0.459 e. The van der Waals surface area contributed by atoms with E-state index in [0.717, 1.165) is 4.88 Å². The summed E-state index contributed by atoms with van der Waals surface area (Å²) in [6.07, 6.45) is -7.20. The van der Waals surface area contributed by atoms with Crippen molar-refractivity contribution in [2.45, 2.75) is 204 Å². The van der Waals surface area contributed by atoms with E-state index in [0.29, 0.717) is 37.1 Å². The molecule has 1 unspecified atom stereocenters. The highest BCUT2D eigenvalue weighted by Crippen LogP contribution is 2.42. The van der Waals surface area contributed by atoms with Crippen LogP contribution in [0.15, 0.2) is 29.9 Å². The predicted octanol–water partition coefficient (Wildman–Crippen LogP) is 3.64. The van der Waals surface area contributed by atoms with E-state index in [1.165, 1.54) is 31.4 Å². The first kappa shape index (κ1) is 59.4. The van der Waals surface area contributed by atoms with Crippen molar-refractivity contribution < 1.29 is 73.0 Å². The third kappa shape index (κ3) is 14.2. The number of likely N-dealkylation sites (N-methyl/N-ethyl adjacent to an activating group) is 2. The van der Waals surface area contributed by atoms with Gasteiger partial charge in [0.15, 0.2) is 12.6 Å². The number of methoxy groups -OCH3 is 1. The summed E-state index contributed by atoms with van der Waals surface area (Å²) in [6.45, 7) is 16.0. The average Bonchev–Trinajstić information content (AvgIpc) is 3.88. The summed E-state index contributed by atoms with van der Waals surface area (Å²) in [5, 5.41) is 72.5. The molecule has 20 heteroatoms. The predicted molar refractivity (Wildman–Crippen MR) is 270 cm³/mol. The van der Waals surface area contributed by atoms with Crippen molar-refractivity contribution in [3.05, 3.63) is 41.3 Å². The van der Waals surface area contributed by atoms with Crippen molar-refractivity contribution >= 4 is 23.2 Å². The van der Waals surface area contributed by atoms with Crippen molar-refractivity contribution in [2.24, 2.45) is 23.7 Å². The Bertz CT molecular complexity index is 2110. The summed E-state index contributed by atoms with van der Waals surface area (Å²) in [5.74, 6) is -3.09. The first-order chi connectivity index (χ1) is 34.2. The summed E-state index contributed by atoms with van der Waals surface area (Å²) in [6, 6.07) is 3.11. The van der Waals surface area contributed by atoms with E-state index in [9.17, 15) is 40.2 Å². The number of cyclic esters (lactones) is 1. The summed E-state index contributed by atoms with van der Waals surface area (Å²) < 4.78 is 53.0. The standard InChI is InChI=1S/C53H85FN4O14S/c1-13-42-53(9,66)46(61)31(5)57(10)24-28(2)21-51(7,65)43(20-40(30(4)49(64)71-42)70-44-22-52(8,67-12)47(62)32(6)69-44)72-50-45(60)39(16-29(3)68-50)58(11)25-35-18-37(35)48(63)56-36(26-59)17-33-14-15-34(19-38(33)54)41-23-55-27-73-41/h14-15,19,23,27-32,35-37,39-40,42-47,50,59-62,65-66H,13,16-18,20-22,24-26H2,1-12H3,(H,56,63)/t28-,29-,30-,31-,32+,35+,36+,37-,39?,40+,42-,43-,44+,45-,46-,47+,50+,51-,52-,53-/m1/s1. The molecule has 4 aliphatic rings. The highest BCUT2D eigenvalue weighted by atomic mass is 32.1. The zero-order valence-electron chi connectivity index (χ0n) is 44.8. The number of carbonyl (C=O) groups is 2. The molecule has 73 heavy (non-hydrogen) atoms. The summed E-state index contributed by atoms with van der Waals surface area (Å²) in [7, 11) is 5.17. The van der Waals surface area contributed by atoms with Gasteiger partial charge in [-0.15, -0.1) is 11.3 Å². The molecule has 414 valence electrons. The van der Waals surface area contributed by atoms with Crippen LogP contribution in [0.5, 0.6) is 0 Å². The number of ether oxygens (including phenoxy) is 6. The lowest BCUT2D eigenvalue weighted by Crippen LogP contribution is -2.59. The molecule has 20 atom stereocenters. The van der Waals surface area contributed by atoms with Crippen molar-refractivity contribution in [3.8, 4) is 10.4 Å². The van der Waals surface area contributed by atoms with Gasteiger partial charge < -0.3 is 74.2 Å². The maximum Gasteiger partial charge on any atom is 0.311 e. The average molecular weight is 1050 g/mol. The van der Waals surface area contributed by atoms with Crippen LogP contribution in [-0.4, -0.2) is 195 Å². The molecule has 3 saturated heterocycles. The zero-order valence-corrected chi connectivity index (χ0v) is 45.7. The van der Waals surface area contributed by atoms with Crippen molar-refractivity contribution in [2.75, 3.05) is 40.9 Å². The Balaban J connectivity index is 1.20. The van der Waals surface area contributed by atoms with E-state index in [-0.39, 0.29) is 62.4 Å². The molecule has 1 amide bonds. The van der Waals surface area contributed by atoms with Crippen LogP contribution in [0.2, 0.25) is 0 Å². The largest absolute Gasteiger partial charge is 0.459 e. The lowest BCUT2D eigenvalue weighted by molar-refractivity contribution is -0.308. The number of nitrogens with zero attached hydrogens (tertiary/aromatic N) is 3. The molecule has 0 spiro atoms. The number of aromatic nitrogens is 1. The van der Waals surface area contributed by atoms with E-state index in [1.54, 1.807) is 65.4 Å². The molecule has 6 rings (SSSR count). The molecule has 7 N–H and O–H groups in total. The van der Waals surface area contributed by atoms with Gasteiger partial charge in [0, 0.05) is 57.2 Å². The molecule has 3 aliphatic heterocycles. The fourth-order valence-electron chi connectivity index (χ4n) is 11.3. The second kappa shape index (κ2) is 24.7. The van der Waals surface area contributed by atoms with E-state index >= 15 is 4.39 Å². The van der Waals surface area contributed by atoms with Gasteiger partial charge >= 0.3 is 5.97 Å². The molecule has 18 nitrogen and oxygen atoms in total. The second-order valence-electron chi connectivity index (χ2n) is 22.5. The zero-order chi connectivity index (χ0) is 53.9. The van der Waals surface area contributed by atoms with Gasteiger partial charge in [0.05, 0.1) is 64.6 Å². The van der Waals surface area contributed by atoms with Gasteiger partial charge in [-0.25, -0.2) is 4.39 Å². The lowest BCUT2D eigenvalue weighted by atomic mass is 9.83. The maximum absolute atomic E-state index is 15.2. The highest BCUT2D eigenvalue weighted by molar-refractivity contribution is 7.13. The quantitative estimate of drug-likeness (QED) is 0.126. The van der Waals surface area contributed by atoms with E-state index in [2.05, 4.69) is 10.3 Å². The first-order valence-electron chi connectivity index (χ1n) is 26.1. The number of carbonyl (C=O) groups excluding carboxylic acids is 2. The van der Waals surface area contributed by atoms with Crippen LogP contribution < -0.4 is 5.32 Å². The fraction of sp³-hybridized carbons (Fsp3) is 0.792. The van der Waals surface area contributed by atoms with Crippen LogP contribution in [0.3, 0.4) is 0 Å². The molecular weight excluding hydrogens is 968 g/mol. The van der Waals surface area contributed by atoms with E-state index in [1.807, 2.05) is 37.7 Å². The topological polar surface area (TPSA) is 242 Å². The lowest BCUT2D eigenvalue weighted by Gasteiger charge is -2.47. The molecule has 4 heterocycles. The second-order valence-corrected chi connectivity index (χ2v) is 23.4. The van der Waals surface area contributed by atoms with Gasteiger partial charge in [0.25, 0.3) is 0 Å². The van der Waals surface area contributed by atoms with Crippen molar-refractivity contribution in [1.29, 1.82) is 0 Å². The first-order valence-corrected chi connectivity index (χ1v) is 27.0. The third-order valence-electron chi connectivity index (χ3n) is 16.3. The van der Waals surface area contributed by atoms with Crippen LogP contribution in [0.4, 0.5) is 4.39 Å². The molecule has 2 aromatic rings. The molecular formula is C53H85FN4O14S. The number of thiazole rings is 1. The molecule has 1 aromatic carbocycles. The van der Waals surface area contributed by atoms with Gasteiger partial charge in [-0.3, -0.25) is 14.6 Å². The number of amides is 1. The number of rotatable bonds is 15. The van der Waals surface area contributed by atoms with Crippen LogP contribution in [0, 0.1) is 29.5 Å². The fourth-order valence-corrected chi connectivity index (χ4v) is 11.9. The molecule has 4 fully saturated rings. The van der Waals surface area contributed by atoms with Gasteiger partial charge in [-0.2, -0.15) is 0 Å². The number of nitrogens with one attached hydrogen (secondary N) is 1. The minimum atomic E-state index is -1.85. The van der Waals surface area contributed by atoms with Crippen LogP contribution in [0.25, 0.3) is 10.4 Å². The van der Waals surface area contributed by atoms with Crippen LogP contribution >= 0.6 is 11.3 Å². The monoisotopic (exact) mass is 1050 g/mol. The van der Waals surface area contributed by atoms with E-state index in [4.69, 9.17) is 28.4 Å². The number of aliphatic hydroxyl groups excluding tert-OH is 4. The Morgan fingerprint density at radius 2 is 1.75 bits per heavy atom. The van der Waals surface area contributed by atoms with Crippen molar-refractivity contribution in [3.63, 3.8) is 0 Å². The Kier molecular flexibility index (Phi) is 20.1. The normalized spacial score (nSPS) is 40.8. The summed E-state index contributed by atoms with van der Waals surface area (Å²) in [5.41, 5.74) is -1.82. The van der Waals surface area contributed by atoms with Gasteiger partial charge in [-0.05, 0) is 124 Å². The summed E-state index contributed by atoms with van der Waals surface area (Å²) in [4.78, 5) is 36.7. The van der Waals surface area contributed by atoms with Gasteiger partial charge in [0.2, 0.25) is 5.91 Å². The summed E-state index contributed by atoms with van der Waals surface area (Å²) >= 11 is 1.40. The number of esters is 1. The smallest absolute Gasteiger partial charge is 0.311 e. The number of hydrogen-bond acceptors (Lipinski definition) is 18. The molecule has 1 aromatic heterocycles. The number of aliphatic hydroxyl groups is 6. The van der Waals surface area contributed by atoms with Crippen LogP contribution in [0.1, 0.15) is 106 Å². The third-order valence-corrected chi connectivity index (χ3v) is 17.1. The Labute approximate surface area is 434 Å². The van der Waals surface area contributed by atoms with Crippen LogP contribution in [-0.2, 0) is 44.4 Å². The SMILES string of the molecule is CC[C@H]1OC(=O)[C@H](C)[C@@H](O[C@H]2C[C@@](C)(OC)[C@@H](O)[C@H](C)O2)C[C@@H](O[C@@H]2O[C@H](C)CC(N(C)C[C@@H]3C[C@H]3C(=O)N[C@H](CO)Cc3ccc(-c4cncs4)cc3F)[C@H]2O)[C@](C)(O)C[C@@H](C)CN(C)[C@H](C)[C@@H](O)[C@]1(C)O. The highest BCUT2D eigenvalue weighted by Gasteiger charge is 2.52. The Morgan fingerprint density at radius 1 is 1.04 bits per heavy atom. The Morgan fingerprint density at radius 3 is 2.38 bits per heavy atom. The van der Waals surface area contributed by atoms with Gasteiger partial charge in [0.1, 0.15) is 35.8 Å². The molecule has 0 radical (unpaired) electrons.